The zero-order valence-electron chi connectivity index (χ0n) is 9.16. The van der Waals surface area contributed by atoms with Crippen LogP contribution in [0.5, 0.6) is 0 Å². The van der Waals surface area contributed by atoms with Gasteiger partial charge in [0.2, 0.25) is 0 Å². The molecule has 0 spiro atoms. The highest BCUT2D eigenvalue weighted by Gasteiger charge is 2.34. The summed E-state index contributed by atoms with van der Waals surface area (Å²) in [4.78, 5) is 12.1. The Kier molecular flexibility index (Phi) is 5.45. The van der Waals surface area contributed by atoms with E-state index in [0.29, 0.717) is 6.47 Å². The number of ether oxygens (including phenoxy) is 1. The van der Waals surface area contributed by atoms with E-state index in [0.717, 1.165) is 6.04 Å². The average molecular weight is 222 g/mol. The summed E-state index contributed by atoms with van der Waals surface area (Å²) in [6, 6.07) is 1.05. The van der Waals surface area contributed by atoms with Crippen molar-refractivity contribution in [2.45, 2.75) is 45.3 Å². The van der Waals surface area contributed by atoms with Crippen molar-refractivity contribution in [3.63, 3.8) is 0 Å². The molecule has 0 amide bonds. The molecule has 2 rings (SSSR count). The molecular weight excluding hydrogens is 202 g/mol. The zero-order chi connectivity index (χ0) is 9.90. The molecule has 0 bridgehead atoms. The van der Waals surface area contributed by atoms with Crippen molar-refractivity contribution in [3.8, 4) is 0 Å². The van der Waals surface area contributed by atoms with Crippen LogP contribution in [-0.4, -0.2) is 36.1 Å². The minimum absolute atomic E-state index is 0. The Morgan fingerprint density at radius 2 is 1.71 bits per heavy atom. The molecule has 3 nitrogen and oxygen atoms in total. The molecule has 84 valence electrons. The highest BCUT2D eigenvalue weighted by Crippen LogP contribution is 2.28. The first kappa shape index (κ1) is 13.7. The number of rotatable bonds is 1. The van der Waals surface area contributed by atoms with E-state index in [1.54, 1.807) is 0 Å². The first-order valence-electron chi connectivity index (χ1n) is 4.88. The molecule has 0 saturated carbocycles. The topological polar surface area (TPSA) is 29.5 Å². The van der Waals surface area contributed by atoms with Crippen molar-refractivity contribution in [2.75, 3.05) is 13.1 Å². The number of fused-ring (bicyclic) bond motifs is 1. The summed E-state index contributed by atoms with van der Waals surface area (Å²) in [5, 5.41) is 0. The van der Waals surface area contributed by atoms with Crippen molar-refractivity contribution in [3.05, 3.63) is 0 Å². The van der Waals surface area contributed by atoms with Gasteiger partial charge < -0.3 is 9.64 Å². The highest BCUT2D eigenvalue weighted by molar-refractivity contribution is 5.85. The molecule has 0 aliphatic carbocycles. The van der Waals surface area contributed by atoms with Crippen LogP contribution >= 0.6 is 12.4 Å². The molecule has 0 N–H and O–H groups in total. The summed E-state index contributed by atoms with van der Waals surface area (Å²) < 4.78 is 4.55. The summed E-state index contributed by atoms with van der Waals surface area (Å²) in [6.45, 7) is 8.71. The van der Waals surface area contributed by atoms with Gasteiger partial charge in [-0.05, 0) is 46.7 Å². The third-order valence-corrected chi connectivity index (χ3v) is 2.42. The molecule has 0 radical (unpaired) electrons. The van der Waals surface area contributed by atoms with Gasteiger partial charge in [0.15, 0.2) is 0 Å². The summed E-state index contributed by atoms with van der Waals surface area (Å²) in [5.74, 6) is 0. The fraction of sp³-hybridized carbons (Fsp3) is 0.900. The third kappa shape index (κ3) is 4.29. The number of piperidine rings is 1. The van der Waals surface area contributed by atoms with Crippen LogP contribution in [0.3, 0.4) is 0 Å². The lowest BCUT2D eigenvalue weighted by Crippen LogP contribution is -2.57. The van der Waals surface area contributed by atoms with Gasteiger partial charge in [0.25, 0.3) is 6.47 Å². The van der Waals surface area contributed by atoms with E-state index in [1.165, 1.54) is 25.9 Å². The molecular formula is C10H20ClNO2. The number of hydrogen-bond donors (Lipinski definition) is 0. The third-order valence-electron chi connectivity index (χ3n) is 2.42. The fourth-order valence-corrected chi connectivity index (χ4v) is 1.39. The molecule has 0 aromatic carbocycles. The van der Waals surface area contributed by atoms with Gasteiger partial charge in [0, 0.05) is 6.04 Å². The number of carbonyl (C=O) groups is 1. The molecule has 0 aromatic heterocycles. The number of carbonyl (C=O) groups excluding carboxylic acids is 1. The Balaban J connectivity index is 0.000000225. The van der Waals surface area contributed by atoms with Crippen LogP contribution in [-0.2, 0) is 9.53 Å². The SMILES string of the molecule is C1CN2CCC12.CC(C)(C)OC=O.Cl. The normalized spacial score (nSPS) is 19.9. The van der Waals surface area contributed by atoms with Gasteiger partial charge in [-0.25, -0.2) is 0 Å². The van der Waals surface area contributed by atoms with Crippen LogP contribution in [0.4, 0.5) is 0 Å². The van der Waals surface area contributed by atoms with Crippen molar-refractivity contribution in [1.82, 2.24) is 4.90 Å². The van der Waals surface area contributed by atoms with E-state index in [4.69, 9.17) is 0 Å². The molecule has 2 aliphatic heterocycles. The molecule has 14 heavy (non-hydrogen) atoms. The Labute approximate surface area is 92.2 Å². The van der Waals surface area contributed by atoms with Gasteiger partial charge in [-0.15, -0.1) is 12.4 Å². The van der Waals surface area contributed by atoms with Crippen LogP contribution < -0.4 is 0 Å². The second-order valence-corrected chi connectivity index (χ2v) is 4.59. The molecule has 0 aromatic rings. The van der Waals surface area contributed by atoms with Crippen LogP contribution in [0.1, 0.15) is 33.6 Å². The van der Waals surface area contributed by atoms with E-state index in [-0.39, 0.29) is 18.0 Å². The standard InChI is InChI=1S/C5H9N.C5H10O2.ClH/c1-3-6-4-2-5(1)6;1-5(2,3)7-4-6;/h5H,1-4H2;4H,1-3H3;1H. The minimum atomic E-state index is -0.318. The average Bonchev–Trinajstić information content (AvgIpc) is 1.95. The zero-order valence-corrected chi connectivity index (χ0v) is 9.97. The maximum atomic E-state index is 9.60. The summed E-state index contributed by atoms with van der Waals surface area (Å²) in [6.07, 6.45) is 2.97. The largest absolute Gasteiger partial charge is 0.462 e. The lowest BCUT2D eigenvalue weighted by molar-refractivity contribution is -0.138. The molecule has 4 heteroatoms. The summed E-state index contributed by atoms with van der Waals surface area (Å²) in [5.41, 5.74) is -0.318. The molecule has 2 heterocycles. The predicted molar refractivity (Wildman–Crippen MR) is 58.7 cm³/mol. The lowest BCUT2D eigenvalue weighted by atomic mass is 9.91. The monoisotopic (exact) mass is 221 g/mol. The van der Waals surface area contributed by atoms with Gasteiger partial charge in [-0.1, -0.05) is 0 Å². The van der Waals surface area contributed by atoms with Crippen molar-refractivity contribution < 1.29 is 9.53 Å². The van der Waals surface area contributed by atoms with E-state index in [2.05, 4.69) is 9.64 Å². The van der Waals surface area contributed by atoms with Crippen LogP contribution in [0.15, 0.2) is 0 Å². The Bertz CT molecular complexity index is 161. The minimum Gasteiger partial charge on any atom is -0.462 e. The van der Waals surface area contributed by atoms with E-state index < -0.39 is 0 Å². The van der Waals surface area contributed by atoms with E-state index in [1.807, 2.05) is 20.8 Å². The van der Waals surface area contributed by atoms with Crippen LogP contribution in [0, 0.1) is 0 Å². The van der Waals surface area contributed by atoms with Gasteiger partial charge in [0.05, 0.1) is 0 Å². The molecule has 2 fully saturated rings. The number of halogens is 1. The Morgan fingerprint density at radius 1 is 1.29 bits per heavy atom. The second kappa shape index (κ2) is 5.56. The molecule has 0 unspecified atom stereocenters. The van der Waals surface area contributed by atoms with E-state index >= 15 is 0 Å². The first-order valence-corrected chi connectivity index (χ1v) is 4.88. The Morgan fingerprint density at radius 3 is 1.71 bits per heavy atom. The van der Waals surface area contributed by atoms with Crippen molar-refractivity contribution in [2.24, 2.45) is 0 Å². The first-order chi connectivity index (χ1) is 6.03. The molecule has 0 atom stereocenters. The number of hydrogen-bond acceptors (Lipinski definition) is 3. The highest BCUT2D eigenvalue weighted by atomic mass is 35.5. The Hall–Kier alpha value is -0.280. The number of nitrogens with zero attached hydrogens (tertiary/aromatic N) is 1. The van der Waals surface area contributed by atoms with Crippen molar-refractivity contribution >= 4 is 18.9 Å². The quantitative estimate of drug-likeness (QED) is 0.633. The van der Waals surface area contributed by atoms with E-state index in [9.17, 15) is 4.79 Å². The van der Waals surface area contributed by atoms with Crippen LogP contribution in [0.25, 0.3) is 0 Å². The smallest absolute Gasteiger partial charge is 0.293 e. The second-order valence-electron chi connectivity index (χ2n) is 4.59. The van der Waals surface area contributed by atoms with Gasteiger partial charge in [-0.3, -0.25) is 4.79 Å². The van der Waals surface area contributed by atoms with Crippen molar-refractivity contribution in [1.29, 1.82) is 0 Å². The summed E-state index contributed by atoms with van der Waals surface area (Å²) >= 11 is 0. The predicted octanol–water partition coefficient (Wildman–Crippen LogP) is 1.84. The van der Waals surface area contributed by atoms with Gasteiger partial charge in [-0.2, -0.15) is 0 Å². The maximum absolute atomic E-state index is 9.60. The fourth-order valence-electron chi connectivity index (χ4n) is 1.39. The van der Waals surface area contributed by atoms with Crippen LogP contribution in [0.2, 0.25) is 0 Å². The van der Waals surface area contributed by atoms with Gasteiger partial charge >= 0.3 is 0 Å². The maximum Gasteiger partial charge on any atom is 0.293 e. The molecule has 2 aliphatic rings. The van der Waals surface area contributed by atoms with Gasteiger partial charge in [0.1, 0.15) is 5.60 Å². The summed E-state index contributed by atoms with van der Waals surface area (Å²) in [7, 11) is 0. The lowest BCUT2D eigenvalue weighted by Gasteiger charge is -2.50. The molecule has 2 saturated heterocycles.